The number of hydrogen-bond donors (Lipinski definition) is 3. The average Bonchev–Trinajstić information content (AvgIpc) is 0.800. The van der Waals surface area contributed by atoms with Gasteiger partial charge in [-0.3, -0.25) is 19.2 Å². The molecule has 4 amide bonds. The number of rotatable bonds is 17. The van der Waals surface area contributed by atoms with Crippen molar-refractivity contribution in [3.8, 4) is 23.0 Å². The summed E-state index contributed by atoms with van der Waals surface area (Å²) in [7, 11) is 1.64. The quantitative estimate of drug-likeness (QED) is 0.0792. The lowest BCUT2D eigenvalue weighted by atomic mass is 10.00. The highest BCUT2D eigenvalue weighted by molar-refractivity contribution is 6.35. The normalized spacial score (nSPS) is 16.4. The first kappa shape index (κ1) is 91.9. The summed E-state index contributed by atoms with van der Waals surface area (Å²) in [5.41, 5.74) is 16.0. The van der Waals surface area contributed by atoms with Crippen LogP contribution in [0.1, 0.15) is 90.9 Å². The van der Waals surface area contributed by atoms with Crippen LogP contribution >= 0.6 is 92.8 Å². The predicted molar refractivity (Wildman–Crippen MR) is 509 cm³/mol. The van der Waals surface area contributed by atoms with Gasteiger partial charge in [0.05, 0.1) is 99.8 Å². The van der Waals surface area contributed by atoms with Crippen LogP contribution in [-0.2, 0) is 44.9 Å². The molecule has 16 nitrogen and oxygen atoms in total. The minimum atomic E-state index is -0.0560. The Hall–Kier alpha value is -10.8. The summed E-state index contributed by atoms with van der Waals surface area (Å²) in [6.07, 6.45) is 1.10. The third-order valence-corrected chi connectivity index (χ3v) is 25.2. The second-order valence-corrected chi connectivity index (χ2v) is 35.1. The number of anilines is 4. The highest BCUT2D eigenvalue weighted by Gasteiger charge is 2.37. The summed E-state index contributed by atoms with van der Waals surface area (Å²) in [4.78, 5) is 69.0. The molecule has 4 saturated heterocycles. The second-order valence-electron chi connectivity index (χ2n) is 31.7. The fourth-order valence-corrected chi connectivity index (χ4v) is 18.1. The van der Waals surface area contributed by atoms with Crippen LogP contribution in [0.4, 0.5) is 22.7 Å². The molecule has 4 aliphatic rings. The molecule has 0 aromatic heterocycles. The molecule has 0 radical (unpaired) electrons. The van der Waals surface area contributed by atoms with Crippen LogP contribution in [0, 0.1) is 27.7 Å². The van der Waals surface area contributed by atoms with Crippen LogP contribution in [-0.4, -0.2) is 144 Å². The highest BCUT2D eigenvalue weighted by Crippen LogP contribution is 2.42. The molecule has 0 saturated carbocycles. The van der Waals surface area contributed by atoms with Crippen molar-refractivity contribution in [2.45, 2.75) is 77.5 Å². The first-order valence-corrected chi connectivity index (χ1v) is 44.4. The molecule has 0 aliphatic carbocycles. The first-order valence-electron chi connectivity index (χ1n) is 41.4. The van der Waals surface area contributed by atoms with Crippen molar-refractivity contribution in [3.05, 3.63) is 374 Å². The summed E-state index contributed by atoms with van der Waals surface area (Å²) in [6, 6.07) is 83.6. The van der Waals surface area contributed by atoms with Gasteiger partial charge in [-0.05, 0) is 228 Å². The number of para-hydroxylation sites is 1. The Morgan fingerprint density at radius 2 is 0.600 bits per heavy atom. The standard InChI is InChI=1S/C26H26Cl2N2O2.3C25H24Cl2N2O2/c1-18-3-12-24(23(28)15-18)30-14-13-29(17-25(30)20-6-8-21(27)9-7-20)26(31)16-19-4-10-22(32-2)11-5-19;1-17-2-11-23(22(27)14-17)29-13-12-28(16-24(29)19-5-7-20(26)8-6-19)25(31)15-18-3-9-21(30)10-4-18;1-17-5-10-23(22(27)13-17)29-12-11-28(16-24(29)19-6-8-20(26)9-7-19)25(31)15-18-3-2-4-21(30)14-18;1-17-6-11-22(21(27)14-17)29-13-12-28(16-23(29)18-7-9-20(26)10-8-18)25(31)15-19-4-2-3-5-24(19)30/h3-12,15,25H,13-14,16-17H2,1-2H3;2-11,14,24,30H,12-13,15-16H2,1H3;2-10,13-14,24,30H,11-12,15-16H2,1H3;2-11,14,23,30H,12-13,15-16H2,1H3. The first-order chi connectivity index (χ1) is 60.2. The van der Waals surface area contributed by atoms with Crippen LogP contribution in [0.3, 0.4) is 0 Å². The summed E-state index contributed by atoms with van der Waals surface area (Å²) in [5, 5.41) is 34.8. The van der Waals surface area contributed by atoms with Gasteiger partial charge in [0.2, 0.25) is 23.6 Å². The van der Waals surface area contributed by atoms with Crippen LogP contribution in [0.2, 0.25) is 40.2 Å². The minimum Gasteiger partial charge on any atom is -0.508 e. The molecule has 0 spiro atoms. The Bertz CT molecular complexity index is 5720. The number of hydrogen-bond acceptors (Lipinski definition) is 12. The van der Waals surface area contributed by atoms with Gasteiger partial charge in [0, 0.05) is 104 Å². The van der Waals surface area contributed by atoms with E-state index in [0.717, 1.165) is 94.7 Å². The van der Waals surface area contributed by atoms with E-state index < -0.39 is 0 Å². The van der Waals surface area contributed by atoms with Crippen molar-refractivity contribution in [2.24, 2.45) is 0 Å². The highest BCUT2D eigenvalue weighted by atomic mass is 35.5. The van der Waals surface area contributed by atoms with Gasteiger partial charge in [0.1, 0.15) is 23.0 Å². The Morgan fingerprint density at radius 1 is 0.304 bits per heavy atom. The summed E-state index contributed by atoms with van der Waals surface area (Å²) < 4.78 is 5.21. The molecule has 646 valence electrons. The van der Waals surface area contributed by atoms with E-state index in [1.807, 2.05) is 217 Å². The molecule has 4 atom stereocenters. The Labute approximate surface area is 771 Å². The molecule has 24 heteroatoms. The number of methoxy groups -OCH3 is 1. The maximum Gasteiger partial charge on any atom is 0.227 e. The number of halogens is 8. The van der Waals surface area contributed by atoms with Gasteiger partial charge in [0.25, 0.3) is 0 Å². The molecule has 0 bridgehead atoms. The van der Waals surface area contributed by atoms with Gasteiger partial charge < -0.3 is 59.3 Å². The monoisotopic (exact) mass is 1830 g/mol. The Balaban J connectivity index is 0.000000143. The lowest BCUT2D eigenvalue weighted by Gasteiger charge is -2.43. The molecule has 4 fully saturated rings. The van der Waals surface area contributed by atoms with Crippen molar-refractivity contribution in [1.82, 2.24) is 19.6 Å². The predicted octanol–water partition coefficient (Wildman–Crippen LogP) is 22.9. The lowest BCUT2D eigenvalue weighted by molar-refractivity contribution is -0.132. The third kappa shape index (κ3) is 24.3. The zero-order chi connectivity index (χ0) is 88.5. The van der Waals surface area contributed by atoms with Crippen LogP contribution < -0.4 is 24.3 Å². The number of carbonyl (C=O) groups is 4. The Morgan fingerprint density at radius 3 is 0.896 bits per heavy atom. The van der Waals surface area contributed by atoms with E-state index in [-0.39, 0.29) is 77.9 Å². The fraction of sp³-hybridized carbons (Fsp3) is 0.248. The van der Waals surface area contributed by atoms with Crippen LogP contribution in [0.5, 0.6) is 23.0 Å². The minimum absolute atomic E-state index is 0.00452. The number of piperazine rings is 4. The number of amides is 4. The van der Waals surface area contributed by atoms with E-state index in [4.69, 9.17) is 97.5 Å². The molecule has 3 N–H and O–H groups in total. The third-order valence-electron chi connectivity index (χ3n) is 23.0. The van der Waals surface area contributed by atoms with Gasteiger partial charge in [-0.1, -0.05) is 220 Å². The van der Waals surface area contributed by atoms with Crippen molar-refractivity contribution >= 4 is 139 Å². The van der Waals surface area contributed by atoms with Gasteiger partial charge in [-0.15, -0.1) is 0 Å². The Kier molecular flexibility index (Phi) is 31.6. The molecule has 4 unspecified atom stereocenters. The maximum atomic E-state index is 13.1. The van der Waals surface area contributed by atoms with E-state index >= 15 is 0 Å². The van der Waals surface area contributed by atoms with E-state index in [9.17, 15) is 34.5 Å². The molecular formula is C101H98Cl8N8O8. The smallest absolute Gasteiger partial charge is 0.227 e. The summed E-state index contributed by atoms with van der Waals surface area (Å²) >= 11 is 50.9. The van der Waals surface area contributed by atoms with E-state index in [1.54, 1.807) is 67.8 Å². The molecule has 4 aliphatic heterocycles. The number of aromatic hydroxyl groups is 3. The van der Waals surface area contributed by atoms with Crippen molar-refractivity contribution < 1.29 is 39.2 Å². The number of phenols is 3. The number of aryl methyl sites for hydroxylation is 4. The maximum absolute atomic E-state index is 13.1. The largest absolute Gasteiger partial charge is 0.508 e. The van der Waals surface area contributed by atoms with Crippen molar-refractivity contribution in [2.75, 3.05) is 105 Å². The SMILES string of the molecule is COc1ccc(CC(=O)N2CCN(c3ccc(C)cc3Cl)C(c3ccc(Cl)cc3)C2)cc1.Cc1ccc(N2CCN(C(=O)Cc3ccc(O)cc3)CC2c2ccc(Cl)cc2)c(Cl)c1.Cc1ccc(N2CCN(C(=O)Cc3cccc(O)c3)CC2c2ccc(Cl)cc2)c(Cl)c1.Cc1ccc(N2CCN(C(=O)Cc3ccccc3O)CC2c2ccc(Cl)cc2)c(Cl)c1. The summed E-state index contributed by atoms with van der Waals surface area (Å²) in [5.74, 6) is 1.52. The van der Waals surface area contributed by atoms with Crippen molar-refractivity contribution in [3.63, 3.8) is 0 Å². The van der Waals surface area contributed by atoms with Crippen molar-refractivity contribution in [1.29, 1.82) is 0 Å². The second kappa shape index (κ2) is 43.0. The topological polar surface area (TPSA) is 164 Å². The fourth-order valence-electron chi connectivity index (χ4n) is 16.3. The van der Waals surface area contributed by atoms with E-state index in [2.05, 4.69) is 56.0 Å². The average molecular weight is 1840 g/mol. The molecular weight excluding hydrogens is 1740 g/mol. The number of nitrogens with zero attached hydrogens (tertiary/aromatic N) is 8. The molecule has 125 heavy (non-hydrogen) atoms. The van der Waals surface area contributed by atoms with Gasteiger partial charge >= 0.3 is 0 Å². The molecule has 12 aromatic rings. The lowest BCUT2D eigenvalue weighted by Crippen LogP contribution is -2.51. The number of benzene rings is 12. The number of ether oxygens (including phenoxy) is 1. The zero-order valence-electron chi connectivity index (χ0n) is 70.0. The molecule has 4 heterocycles. The summed E-state index contributed by atoms with van der Waals surface area (Å²) in [6.45, 7) is 15.4. The number of phenolic OH excluding ortho intramolecular Hbond substituents is 3. The van der Waals surface area contributed by atoms with Gasteiger partial charge in [0.15, 0.2) is 0 Å². The van der Waals surface area contributed by atoms with E-state index in [0.29, 0.717) is 132 Å². The van der Waals surface area contributed by atoms with Crippen LogP contribution in [0.25, 0.3) is 0 Å². The number of carbonyl (C=O) groups excluding carboxylic acids is 4. The molecule has 16 rings (SSSR count). The zero-order valence-corrected chi connectivity index (χ0v) is 76.1. The molecule has 12 aromatic carbocycles. The van der Waals surface area contributed by atoms with Gasteiger partial charge in [-0.2, -0.15) is 0 Å². The van der Waals surface area contributed by atoms with Gasteiger partial charge in [-0.25, -0.2) is 0 Å². The van der Waals surface area contributed by atoms with E-state index in [1.165, 1.54) is 0 Å². The van der Waals surface area contributed by atoms with Crippen LogP contribution in [0.15, 0.2) is 267 Å².